The van der Waals surface area contributed by atoms with E-state index < -0.39 is 10.0 Å². The van der Waals surface area contributed by atoms with Crippen molar-refractivity contribution < 1.29 is 18.0 Å². The van der Waals surface area contributed by atoms with Gasteiger partial charge in [-0.15, -0.1) is 12.4 Å². The van der Waals surface area contributed by atoms with Gasteiger partial charge in [0.15, 0.2) is 0 Å². The van der Waals surface area contributed by atoms with E-state index >= 15 is 0 Å². The molecule has 1 heterocycles. The topological polar surface area (TPSA) is 130 Å². The zero-order valence-corrected chi connectivity index (χ0v) is 20.4. The summed E-state index contributed by atoms with van der Waals surface area (Å²) < 4.78 is 27.4. The molecule has 0 aliphatic carbocycles. The Bertz CT molecular complexity index is 1230. The van der Waals surface area contributed by atoms with Crippen LogP contribution in [0.5, 0.6) is 0 Å². The molecule has 0 fully saturated rings. The van der Waals surface area contributed by atoms with Crippen molar-refractivity contribution in [3.8, 4) is 0 Å². The fourth-order valence-electron chi connectivity index (χ4n) is 2.86. The summed E-state index contributed by atoms with van der Waals surface area (Å²) in [5, 5.41) is 5.51. The van der Waals surface area contributed by atoms with Crippen molar-refractivity contribution in [3.05, 3.63) is 72.1 Å². The molecule has 3 N–H and O–H groups in total. The summed E-state index contributed by atoms with van der Waals surface area (Å²) in [7, 11) is -3.87. The van der Waals surface area contributed by atoms with Crippen molar-refractivity contribution in [2.24, 2.45) is 0 Å². The number of rotatable bonds is 9. The number of hydrogen-bond acceptors (Lipinski definition) is 6. The molecule has 0 radical (unpaired) electrons. The van der Waals surface area contributed by atoms with Crippen LogP contribution in [0.25, 0.3) is 0 Å². The molecule has 0 saturated carbocycles. The van der Waals surface area contributed by atoms with E-state index in [2.05, 4.69) is 25.3 Å². The third-order valence-electron chi connectivity index (χ3n) is 4.63. The number of amides is 2. The number of benzene rings is 2. The van der Waals surface area contributed by atoms with Crippen molar-refractivity contribution >= 4 is 51.6 Å². The lowest BCUT2D eigenvalue weighted by Crippen LogP contribution is -2.16. The number of aryl methyl sites for hydroxylation is 1. The van der Waals surface area contributed by atoms with Crippen molar-refractivity contribution in [1.82, 2.24) is 9.97 Å². The minimum atomic E-state index is -3.87. The lowest BCUT2D eigenvalue weighted by atomic mass is 10.1. The summed E-state index contributed by atoms with van der Waals surface area (Å²) in [6.07, 6.45) is 3.68. The molecule has 0 saturated heterocycles. The standard InChI is InChI=1S/C23H25N5O4S.ClH/c1-3-4-5-21(29)26-18-8-6-17(7-9-18)22(30)27-19-10-12-20(13-11-19)33(31,32)28-23-24-15-14-16(2)25-23;/h6-15H,3-5H2,1-2H3,(H,26,29)(H,27,30)(H,24,25,28);1H. The van der Waals surface area contributed by atoms with Gasteiger partial charge >= 0.3 is 0 Å². The first-order chi connectivity index (χ1) is 15.8. The second-order valence-electron chi connectivity index (χ2n) is 7.33. The van der Waals surface area contributed by atoms with E-state index in [0.717, 1.165) is 12.8 Å². The minimum absolute atomic E-state index is 0. The summed E-state index contributed by atoms with van der Waals surface area (Å²) in [5.41, 5.74) is 2.08. The average molecular weight is 504 g/mol. The Morgan fingerprint density at radius 3 is 2.15 bits per heavy atom. The van der Waals surface area contributed by atoms with Gasteiger partial charge in [0.05, 0.1) is 4.90 Å². The first-order valence-electron chi connectivity index (χ1n) is 10.4. The fraction of sp³-hybridized carbons (Fsp3) is 0.217. The van der Waals surface area contributed by atoms with Gasteiger partial charge < -0.3 is 10.6 Å². The Labute approximate surface area is 204 Å². The average Bonchev–Trinajstić information content (AvgIpc) is 2.78. The highest BCUT2D eigenvalue weighted by Crippen LogP contribution is 2.18. The summed E-state index contributed by atoms with van der Waals surface area (Å²) in [6, 6.07) is 13.9. The third-order valence-corrected chi connectivity index (χ3v) is 5.98. The molecular formula is C23H26ClN5O4S. The van der Waals surface area contributed by atoms with Crippen molar-refractivity contribution in [1.29, 1.82) is 0 Å². The number of sulfonamides is 1. The van der Waals surface area contributed by atoms with E-state index in [9.17, 15) is 18.0 Å². The monoisotopic (exact) mass is 503 g/mol. The first kappa shape index (κ1) is 26.7. The van der Waals surface area contributed by atoms with E-state index in [1.807, 2.05) is 6.92 Å². The summed E-state index contributed by atoms with van der Waals surface area (Å²) in [5.74, 6) is -0.439. The van der Waals surface area contributed by atoms with Crippen LogP contribution >= 0.6 is 12.4 Å². The van der Waals surface area contributed by atoms with Crippen LogP contribution in [0.4, 0.5) is 17.3 Å². The maximum atomic E-state index is 12.5. The molecule has 0 aliphatic heterocycles. The molecule has 0 bridgehead atoms. The van der Waals surface area contributed by atoms with E-state index in [1.165, 1.54) is 30.5 Å². The predicted octanol–water partition coefficient (Wildman–Crippen LogP) is 4.39. The Balaban J connectivity index is 0.00000408. The summed E-state index contributed by atoms with van der Waals surface area (Å²) in [4.78, 5) is 32.2. The number of carbonyl (C=O) groups is 2. The van der Waals surface area contributed by atoms with Crippen LogP contribution in [0.15, 0.2) is 65.7 Å². The number of hydrogen-bond donors (Lipinski definition) is 3. The number of aromatic nitrogens is 2. The van der Waals surface area contributed by atoms with Crippen molar-refractivity contribution in [2.75, 3.05) is 15.4 Å². The van der Waals surface area contributed by atoms with Crippen LogP contribution in [0, 0.1) is 6.92 Å². The van der Waals surface area contributed by atoms with Crippen LogP contribution in [-0.2, 0) is 14.8 Å². The molecule has 0 spiro atoms. The molecule has 180 valence electrons. The Morgan fingerprint density at radius 1 is 0.912 bits per heavy atom. The third kappa shape index (κ3) is 7.53. The molecular weight excluding hydrogens is 478 g/mol. The molecule has 0 aliphatic rings. The van der Waals surface area contributed by atoms with Crippen LogP contribution in [0.2, 0.25) is 0 Å². The normalized spacial score (nSPS) is 10.6. The zero-order chi connectivity index (χ0) is 23.8. The van der Waals surface area contributed by atoms with Crippen LogP contribution < -0.4 is 15.4 Å². The van der Waals surface area contributed by atoms with Gasteiger partial charge in [-0.05, 0) is 67.9 Å². The van der Waals surface area contributed by atoms with Gasteiger partial charge in [-0.3, -0.25) is 9.59 Å². The largest absolute Gasteiger partial charge is 0.326 e. The number of anilines is 3. The number of halogens is 1. The molecule has 1 aromatic heterocycles. The van der Waals surface area contributed by atoms with Gasteiger partial charge in [0.2, 0.25) is 11.9 Å². The molecule has 0 atom stereocenters. The molecule has 3 aromatic rings. The quantitative estimate of drug-likeness (QED) is 0.397. The fourth-order valence-corrected chi connectivity index (χ4v) is 3.81. The van der Waals surface area contributed by atoms with E-state index in [1.54, 1.807) is 37.3 Å². The van der Waals surface area contributed by atoms with Crippen LogP contribution in [-0.4, -0.2) is 30.2 Å². The summed E-state index contributed by atoms with van der Waals surface area (Å²) >= 11 is 0. The highest BCUT2D eigenvalue weighted by Gasteiger charge is 2.16. The van der Waals surface area contributed by atoms with Gasteiger partial charge in [0.1, 0.15) is 0 Å². The SMILES string of the molecule is CCCCC(=O)Nc1ccc(C(=O)Nc2ccc(S(=O)(=O)Nc3nccc(C)n3)cc2)cc1.Cl. The number of carbonyl (C=O) groups excluding carboxylic acids is 2. The lowest BCUT2D eigenvalue weighted by Gasteiger charge is -2.09. The van der Waals surface area contributed by atoms with Crippen LogP contribution in [0.3, 0.4) is 0 Å². The van der Waals surface area contributed by atoms with E-state index in [4.69, 9.17) is 0 Å². The second kappa shape index (κ2) is 12.1. The minimum Gasteiger partial charge on any atom is -0.326 e. The number of nitrogens with one attached hydrogen (secondary N) is 3. The molecule has 9 nitrogen and oxygen atoms in total. The maximum absolute atomic E-state index is 12.5. The molecule has 3 rings (SSSR count). The molecule has 2 amide bonds. The first-order valence-corrected chi connectivity index (χ1v) is 11.9. The lowest BCUT2D eigenvalue weighted by molar-refractivity contribution is -0.116. The van der Waals surface area contributed by atoms with Gasteiger partial charge in [-0.25, -0.2) is 23.1 Å². The molecule has 2 aromatic carbocycles. The Kier molecular flexibility index (Phi) is 9.52. The highest BCUT2D eigenvalue weighted by atomic mass is 35.5. The molecule has 0 unspecified atom stereocenters. The maximum Gasteiger partial charge on any atom is 0.264 e. The highest BCUT2D eigenvalue weighted by molar-refractivity contribution is 7.92. The zero-order valence-electron chi connectivity index (χ0n) is 18.7. The van der Waals surface area contributed by atoms with Gasteiger partial charge in [0, 0.05) is 35.2 Å². The van der Waals surface area contributed by atoms with Crippen LogP contribution in [0.1, 0.15) is 42.2 Å². The number of unbranched alkanes of at least 4 members (excludes halogenated alkanes) is 1. The Morgan fingerprint density at radius 2 is 1.53 bits per heavy atom. The van der Waals surface area contributed by atoms with Crippen molar-refractivity contribution in [3.63, 3.8) is 0 Å². The van der Waals surface area contributed by atoms with Gasteiger partial charge in [0.25, 0.3) is 15.9 Å². The van der Waals surface area contributed by atoms with E-state index in [-0.39, 0.29) is 35.1 Å². The predicted molar refractivity (Wildman–Crippen MR) is 134 cm³/mol. The molecule has 11 heteroatoms. The smallest absolute Gasteiger partial charge is 0.264 e. The van der Waals surface area contributed by atoms with Gasteiger partial charge in [-0.1, -0.05) is 13.3 Å². The number of nitrogens with zero attached hydrogens (tertiary/aromatic N) is 2. The molecule has 34 heavy (non-hydrogen) atoms. The van der Waals surface area contributed by atoms with Crippen molar-refractivity contribution in [2.45, 2.75) is 38.0 Å². The Hall–Kier alpha value is -3.50. The van der Waals surface area contributed by atoms with Gasteiger partial charge in [-0.2, -0.15) is 0 Å². The van der Waals surface area contributed by atoms with E-state index in [0.29, 0.717) is 29.1 Å². The second-order valence-corrected chi connectivity index (χ2v) is 9.02. The summed E-state index contributed by atoms with van der Waals surface area (Å²) in [6.45, 7) is 3.75.